The summed E-state index contributed by atoms with van der Waals surface area (Å²) in [6.45, 7) is 0.744. The SMILES string of the molecule is O=C1c2ccccc2C(=O)N1CCc1cn2cccc(OCc3ccccc3)c2n1. The van der Waals surface area contributed by atoms with Crippen molar-refractivity contribution in [3.63, 3.8) is 0 Å². The van der Waals surface area contributed by atoms with Gasteiger partial charge in [0.25, 0.3) is 11.8 Å². The Balaban J connectivity index is 1.31. The number of imide groups is 1. The van der Waals surface area contributed by atoms with Crippen molar-refractivity contribution in [2.24, 2.45) is 0 Å². The van der Waals surface area contributed by atoms with Gasteiger partial charge in [-0.2, -0.15) is 0 Å². The predicted octanol–water partition coefficient (Wildman–Crippen LogP) is 3.75. The average molecular weight is 397 g/mol. The van der Waals surface area contributed by atoms with Gasteiger partial charge in [0.2, 0.25) is 0 Å². The van der Waals surface area contributed by atoms with Crippen LogP contribution in [-0.4, -0.2) is 32.6 Å². The number of amides is 2. The van der Waals surface area contributed by atoms with E-state index in [0.29, 0.717) is 35.6 Å². The fraction of sp³-hybridized carbons (Fsp3) is 0.125. The Labute approximate surface area is 173 Å². The number of carbonyl (C=O) groups excluding carboxylic acids is 2. The van der Waals surface area contributed by atoms with Gasteiger partial charge in [0.1, 0.15) is 6.61 Å². The minimum Gasteiger partial charge on any atom is -0.485 e. The van der Waals surface area contributed by atoms with E-state index in [-0.39, 0.29) is 18.4 Å². The molecule has 4 aromatic rings. The summed E-state index contributed by atoms with van der Waals surface area (Å²) in [7, 11) is 0. The number of carbonyl (C=O) groups is 2. The van der Waals surface area contributed by atoms with Crippen LogP contribution in [0.5, 0.6) is 5.75 Å². The maximum absolute atomic E-state index is 12.5. The Morgan fingerprint density at radius 3 is 2.27 bits per heavy atom. The molecule has 1 aliphatic rings. The zero-order chi connectivity index (χ0) is 20.5. The summed E-state index contributed by atoms with van der Waals surface area (Å²) in [6, 6.07) is 20.7. The summed E-state index contributed by atoms with van der Waals surface area (Å²) in [6.07, 6.45) is 4.29. The van der Waals surface area contributed by atoms with E-state index in [4.69, 9.17) is 4.74 Å². The van der Waals surface area contributed by atoms with Gasteiger partial charge in [0, 0.05) is 25.4 Å². The molecule has 0 saturated heterocycles. The Morgan fingerprint density at radius 2 is 1.53 bits per heavy atom. The molecule has 1 aliphatic heterocycles. The molecular formula is C24H19N3O3. The molecule has 0 aliphatic carbocycles. The molecule has 3 heterocycles. The van der Waals surface area contributed by atoms with Crippen molar-refractivity contribution < 1.29 is 14.3 Å². The molecule has 0 unspecified atom stereocenters. The molecule has 0 radical (unpaired) electrons. The van der Waals surface area contributed by atoms with Crippen molar-refractivity contribution in [3.8, 4) is 5.75 Å². The van der Waals surface area contributed by atoms with Gasteiger partial charge in [0.05, 0.1) is 16.8 Å². The van der Waals surface area contributed by atoms with Gasteiger partial charge < -0.3 is 9.14 Å². The van der Waals surface area contributed by atoms with Crippen LogP contribution in [0.25, 0.3) is 5.65 Å². The number of pyridine rings is 1. The number of rotatable bonds is 6. The number of hydrogen-bond donors (Lipinski definition) is 0. The van der Waals surface area contributed by atoms with Crippen LogP contribution in [-0.2, 0) is 13.0 Å². The first-order valence-corrected chi connectivity index (χ1v) is 9.79. The van der Waals surface area contributed by atoms with E-state index in [2.05, 4.69) is 4.98 Å². The molecule has 6 heteroatoms. The van der Waals surface area contributed by atoms with E-state index in [1.165, 1.54) is 4.90 Å². The first-order valence-electron chi connectivity index (χ1n) is 9.79. The van der Waals surface area contributed by atoms with E-state index in [9.17, 15) is 9.59 Å². The van der Waals surface area contributed by atoms with Gasteiger partial charge in [-0.15, -0.1) is 0 Å². The van der Waals surface area contributed by atoms with E-state index < -0.39 is 0 Å². The summed E-state index contributed by atoms with van der Waals surface area (Å²) >= 11 is 0. The van der Waals surface area contributed by atoms with Crippen LogP contribution in [0.15, 0.2) is 79.1 Å². The Bertz CT molecular complexity index is 1210. The second-order valence-electron chi connectivity index (χ2n) is 7.17. The van der Waals surface area contributed by atoms with Crippen molar-refractivity contribution >= 4 is 17.5 Å². The molecule has 0 fully saturated rings. The van der Waals surface area contributed by atoms with Crippen molar-refractivity contribution in [2.45, 2.75) is 13.0 Å². The monoisotopic (exact) mass is 397 g/mol. The topological polar surface area (TPSA) is 63.9 Å². The van der Waals surface area contributed by atoms with Gasteiger partial charge >= 0.3 is 0 Å². The summed E-state index contributed by atoms with van der Waals surface area (Å²) in [4.78, 5) is 31.0. The minimum atomic E-state index is -0.244. The number of benzene rings is 2. The molecule has 148 valence electrons. The number of nitrogens with zero attached hydrogens (tertiary/aromatic N) is 3. The quantitative estimate of drug-likeness (QED) is 0.465. The maximum atomic E-state index is 12.5. The molecule has 2 amide bonds. The molecule has 6 nitrogen and oxygen atoms in total. The zero-order valence-corrected chi connectivity index (χ0v) is 16.2. The Hall–Kier alpha value is -3.93. The smallest absolute Gasteiger partial charge is 0.261 e. The lowest BCUT2D eigenvalue weighted by Gasteiger charge is -2.12. The van der Waals surface area contributed by atoms with Crippen molar-refractivity contribution in [1.82, 2.24) is 14.3 Å². The van der Waals surface area contributed by atoms with E-state index in [0.717, 1.165) is 11.3 Å². The van der Waals surface area contributed by atoms with Crippen molar-refractivity contribution in [1.29, 1.82) is 0 Å². The first-order chi connectivity index (χ1) is 14.7. The molecule has 5 rings (SSSR count). The molecule has 0 bridgehead atoms. The predicted molar refractivity (Wildman–Crippen MR) is 111 cm³/mol. The lowest BCUT2D eigenvalue weighted by Crippen LogP contribution is -2.31. The zero-order valence-electron chi connectivity index (χ0n) is 16.2. The molecule has 2 aromatic heterocycles. The van der Waals surface area contributed by atoms with Crippen LogP contribution in [0.3, 0.4) is 0 Å². The van der Waals surface area contributed by atoms with Gasteiger partial charge in [-0.25, -0.2) is 4.98 Å². The number of imidazole rings is 1. The summed E-state index contributed by atoms with van der Waals surface area (Å²) in [5.74, 6) is 0.200. The third-order valence-corrected chi connectivity index (χ3v) is 5.20. The lowest BCUT2D eigenvalue weighted by molar-refractivity contribution is 0.0656. The molecule has 0 N–H and O–H groups in total. The molecule has 30 heavy (non-hydrogen) atoms. The standard InChI is InChI=1S/C24H19N3O3/c28-23-19-9-4-5-10-20(19)24(29)27(23)14-12-18-15-26-13-6-11-21(22(26)25-18)30-16-17-7-2-1-3-8-17/h1-11,13,15H,12,14,16H2. The molecule has 0 saturated carbocycles. The normalized spacial score (nSPS) is 13.1. The fourth-order valence-electron chi connectivity index (χ4n) is 3.67. The van der Waals surface area contributed by atoms with E-state index >= 15 is 0 Å². The molecule has 0 atom stereocenters. The van der Waals surface area contributed by atoms with Crippen LogP contribution >= 0.6 is 0 Å². The highest BCUT2D eigenvalue weighted by atomic mass is 16.5. The summed E-state index contributed by atoms with van der Waals surface area (Å²) < 4.78 is 7.87. The molecule has 0 spiro atoms. The van der Waals surface area contributed by atoms with Crippen LogP contribution in [0.2, 0.25) is 0 Å². The third kappa shape index (κ3) is 3.22. The fourth-order valence-corrected chi connectivity index (χ4v) is 3.67. The van der Waals surface area contributed by atoms with Crippen LogP contribution < -0.4 is 4.74 Å². The maximum Gasteiger partial charge on any atom is 0.261 e. The second kappa shape index (κ2) is 7.48. The molecule has 2 aromatic carbocycles. The van der Waals surface area contributed by atoms with Gasteiger partial charge in [0.15, 0.2) is 11.4 Å². The van der Waals surface area contributed by atoms with Crippen LogP contribution in [0.4, 0.5) is 0 Å². The number of fused-ring (bicyclic) bond motifs is 2. The summed E-state index contributed by atoms with van der Waals surface area (Å²) in [5.41, 5.74) is 3.52. The first kappa shape index (κ1) is 18.1. The lowest BCUT2D eigenvalue weighted by atomic mass is 10.1. The number of ether oxygens (including phenoxy) is 1. The molecular weight excluding hydrogens is 378 g/mol. The van der Waals surface area contributed by atoms with Crippen LogP contribution in [0, 0.1) is 0 Å². The number of aromatic nitrogens is 2. The highest BCUT2D eigenvalue weighted by Crippen LogP contribution is 2.24. The second-order valence-corrected chi connectivity index (χ2v) is 7.17. The van der Waals surface area contributed by atoms with Gasteiger partial charge in [-0.3, -0.25) is 14.5 Å². The van der Waals surface area contributed by atoms with Gasteiger partial charge in [-0.1, -0.05) is 42.5 Å². The van der Waals surface area contributed by atoms with Gasteiger partial charge in [-0.05, 0) is 29.8 Å². The van der Waals surface area contributed by atoms with Crippen LogP contribution in [0.1, 0.15) is 32.0 Å². The van der Waals surface area contributed by atoms with Crippen molar-refractivity contribution in [2.75, 3.05) is 6.54 Å². The average Bonchev–Trinajstić information content (AvgIpc) is 3.31. The third-order valence-electron chi connectivity index (χ3n) is 5.20. The largest absolute Gasteiger partial charge is 0.485 e. The van der Waals surface area contributed by atoms with E-state index in [1.807, 2.05) is 59.3 Å². The number of hydrogen-bond acceptors (Lipinski definition) is 4. The highest BCUT2D eigenvalue weighted by Gasteiger charge is 2.34. The summed E-state index contributed by atoms with van der Waals surface area (Å²) in [5, 5.41) is 0. The van der Waals surface area contributed by atoms with E-state index in [1.54, 1.807) is 24.3 Å². The Kier molecular flexibility index (Phi) is 4.52. The minimum absolute atomic E-state index is 0.244. The Morgan fingerprint density at radius 1 is 0.833 bits per heavy atom. The highest BCUT2D eigenvalue weighted by molar-refractivity contribution is 6.21. The van der Waals surface area contributed by atoms with Crippen molar-refractivity contribution in [3.05, 3.63) is 102 Å².